The molecule has 0 N–H and O–H groups in total. The number of hydrogen-bond donors (Lipinski definition) is 0. The van der Waals surface area contributed by atoms with Crippen LogP contribution in [-0.2, 0) is 13.5 Å². The van der Waals surface area contributed by atoms with Crippen LogP contribution in [0.4, 0.5) is 11.5 Å². The summed E-state index contributed by atoms with van der Waals surface area (Å²) in [6.45, 7) is 14.7. The average Bonchev–Trinajstić information content (AvgIpc) is 3.38. The highest BCUT2D eigenvalue weighted by molar-refractivity contribution is 6.48. The molecule has 0 saturated heterocycles. The van der Waals surface area contributed by atoms with Gasteiger partial charge in [-0.05, 0) is 51.3 Å². The summed E-state index contributed by atoms with van der Waals surface area (Å²) in [6.07, 6.45) is 2.70. The van der Waals surface area contributed by atoms with Gasteiger partial charge in [0.2, 0.25) is 0 Å². The van der Waals surface area contributed by atoms with Crippen LogP contribution in [0.3, 0.4) is 0 Å². The van der Waals surface area contributed by atoms with Gasteiger partial charge in [-0.15, -0.1) is 0 Å². The van der Waals surface area contributed by atoms with Crippen LogP contribution in [0.25, 0.3) is 11.4 Å². The number of hydrogen-bond acceptors (Lipinski definition) is 6. The Kier molecular flexibility index (Phi) is 5.95. The molecule has 8 heteroatoms. The van der Waals surface area contributed by atoms with Crippen LogP contribution in [0.15, 0.2) is 34.5 Å². The molecule has 0 amide bonds. The summed E-state index contributed by atoms with van der Waals surface area (Å²) in [4.78, 5) is 16.6. The van der Waals surface area contributed by atoms with E-state index in [4.69, 9.17) is 15.1 Å². The van der Waals surface area contributed by atoms with Crippen molar-refractivity contribution in [3.8, 4) is 11.4 Å². The Balaban J connectivity index is 1.70. The molecule has 0 aromatic carbocycles. The fourth-order valence-electron chi connectivity index (χ4n) is 3.98. The molecule has 0 radical (unpaired) electrons. The predicted molar refractivity (Wildman–Crippen MR) is 130 cm³/mol. The Morgan fingerprint density at radius 2 is 1.94 bits per heavy atom. The van der Waals surface area contributed by atoms with Crippen molar-refractivity contribution < 1.29 is 0 Å². The van der Waals surface area contributed by atoms with Gasteiger partial charge < -0.3 is 4.90 Å². The first-order chi connectivity index (χ1) is 15.3. The molecule has 4 heterocycles. The lowest BCUT2D eigenvalue weighted by Gasteiger charge is -2.24. The van der Waals surface area contributed by atoms with Gasteiger partial charge in [-0.25, -0.2) is 19.6 Å². The van der Waals surface area contributed by atoms with Crippen molar-refractivity contribution >= 4 is 22.9 Å². The highest BCUT2D eigenvalue weighted by Crippen LogP contribution is 2.29. The molecule has 0 aliphatic carbocycles. The third-order valence-corrected chi connectivity index (χ3v) is 5.71. The third-order valence-electron chi connectivity index (χ3n) is 5.71. The summed E-state index contributed by atoms with van der Waals surface area (Å²) in [5.74, 6) is 2.00. The highest BCUT2D eigenvalue weighted by Gasteiger charge is 2.29. The van der Waals surface area contributed by atoms with Crippen LogP contribution in [0.1, 0.15) is 51.8 Å². The van der Waals surface area contributed by atoms with Crippen LogP contribution in [-0.4, -0.2) is 48.9 Å². The molecule has 3 aromatic rings. The van der Waals surface area contributed by atoms with E-state index in [0.717, 1.165) is 65.2 Å². The van der Waals surface area contributed by atoms with Gasteiger partial charge in [0.05, 0.1) is 23.3 Å². The number of aromatic nitrogens is 5. The Hall–Kier alpha value is -3.29. The molecule has 0 spiro atoms. The summed E-state index contributed by atoms with van der Waals surface area (Å²) < 4.78 is 3.75. The van der Waals surface area contributed by atoms with Gasteiger partial charge in [0, 0.05) is 25.8 Å². The van der Waals surface area contributed by atoms with Crippen molar-refractivity contribution in [3.05, 3.63) is 41.6 Å². The molecule has 0 saturated carbocycles. The molecule has 1 aliphatic heterocycles. The van der Waals surface area contributed by atoms with E-state index >= 15 is 0 Å². The molecule has 168 valence electrons. The number of pyridine rings is 1. The van der Waals surface area contributed by atoms with Crippen LogP contribution >= 0.6 is 0 Å². The minimum Gasteiger partial charge on any atom is -0.370 e. The van der Waals surface area contributed by atoms with Gasteiger partial charge in [-0.2, -0.15) is 10.2 Å². The lowest BCUT2D eigenvalue weighted by Crippen LogP contribution is -2.27. The standard InChI is InChI=1S/C24H32N8/c1-8-19-23(20-12-16(5)30(7)29-20)32-24(26-19)22(17(6)28-32)27-21-11-10-18(13-25-21)31(9-2)14-15(3)4/h10-13,15H,8-9,14H2,1-7H3/b27-22-. The summed E-state index contributed by atoms with van der Waals surface area (Å²) in [5, 5.41) is 9.42. The van der Waals surface area contributed by atoms with Crippen molar-refractivity contribution in [3.63, 3.8) is 0 Å². The minimum atomic E-state index is 0.593. The number of imidazole rings is 1. The topological polar surface area (TPSA) is 76.5 Å². The number of rotatable bonds is 7. The molecule has 0 fully saturated rings. The first kappa shape index (κ1) is 21.9. The zero-order valence-electron chi connectivity index (χ0n) is 20.1. The Morgan fingerprint density at radius 1 is 1.16 bits per heavy atom. The lowest BCUT2D eigenvalue weighted by molar-refractivity contribution is 0.618. The molecular weight excluding hydrogens is 400 g/mol. The van der Waals surface area contributed by atoms with E-state index < -0.39 is 0 Å². The van der Waals surface area contributed by atoms with Crippen molar-refractivity contribution in [2.45, 2.75) is 48.0 Å². The molecule has 0 unspecified atom stereocenters. The molecular formula is C24H32N8. The van der Waals surface area contributed by atoms with Crippen LogP contribution < -0.4 is 4.90 Å². The number of anilines is 1. The monoisotopic (exact) mass is 432 g/mol. The first-order valence-electron chi connectivity index (χ1n) is 11.3. The largest absolute Gasteiger partial charge is 0.370 e. The van der Waals surface area contributed by atoms with Gasteiger partial charge in [-0.1, -0.05) is 20.8 Å². The van der Waals surface area contributed by atoms with Gasteiger partial charge in [0.15, 0.2) is 11.6 Å². The van der Waals surface area contributed by atoms with Gasteiger partial charge in [0.25, 0.3) is 0 Å². The summed E-state index contributed by atoms with van der Waals surface area (Å²) in [6, 6.07) is 6.13. The van der Waals surface area contributed by atoms with Crippen LogP contribution in [0, 0.1) is 12.8 Å². The van der Waals surface area contributed by atoms with Gasteiger partial charge in [-0.3, -0.25) is 4.68 Å². The molecule has 0 bridgehead atoms. The average molecular weight is 433 g/mol. The van der Waals surface area contributed by atoms with E-state index in [0.29, 0.717) is 11.7 Å². The first-order valence-corrected chi connectivity index (χ1v) is 11.3. The maximum Gasteiger partial charge on any atom is 0.182 e. The fraction of sp³-hybridized carbons (Fsp3) is 0.458. The molecule has 3 aromatic heterocycles. The van der Waals surface area contributed by atoms with E-state index in [9.17, 15) is 0 Å². The third kappa shape index (κ3) is 3.97. The van der Waals surface area contributed by atoms with Crippen molar-refractivity contribution in [1.29, 1.82) is 0 Å². The number of fused-ring (bicyclic) bond motifs is 1. The van der Waals surface area contributed by atoms with E-state index in [1.54, 1.807) is 0 Å². The normalized spacial score (nSPS) is 14.4. The van der Waals surface area contributed by atoms with Crippen molar-refractivity contribution in [2.24, 2.45) is 23.1 Å². The van der Waals surface area contributed by atoms with Crippen molar-refractivity contribution in [1.82, 2.24) is 24.4 Å². The van der Waals surface area contributed by atoms with Crippen LogP contribution in [0.5, 0.6) is 0 Å². The summed E-state index contributed by atoms with van der Waals surface area (Å²) in [5.41, 5.74) is 6.57. The van der Waals surface area contributed by atoms with E-state index in [1.807, 2.05) is 42.5 Å². The molecule has 0 atom stereocenters. The summed E-state index contributed by atoms with van der Waals surface area (Å²) >= 11 is 0. The van der Waals surface area contributed by atoms with E-state index in [1.165, 1.54) is 0 Å². The SMILES string of the molecule is CCc1nc2n(c1-c1cc(C)n(C)n1)N=C(C)/C2=N/c1ccc(N(CC)CC(C)C)cn1. The zero-order chi connectivity index (χ0) is 23.0. The summed E-state index contributed by atoms with van der Waals surface area (Å²) in [7, 11) is 1.95. The van der Waals surface area contributed by atoms with Crippen molar-refractivity contribution in [2.75, 3.05) is 18.0 Å². The number of nitrogens with zero attached hydrogens (tertiary/aromatic N) is 8. The predicted octanol–water partition coefficient (Wildman–Crippen LogP) is 4.39. The van der Waals surface area contributed by atoms with E-state index in [2.05, 4.69) is 54.8 Å². The maximum absolute atomic E-state index is 4.88. The Bertz CT molecular complexity index is 1160. The second-order valence-electron chi connectivity index (χ2n) is 8.64. The molecule has 32 heavy (non-hydrogen) atoms. The smallest absolute Gasteiger partial charge is 0.182 e. The number of aryl methyl sites for hydroxylation is 3. The Labute approximate surface area is 189 Å². The maximum atomic E-state index is 4.88. The minimum absolute atomic E-state index is 0.593. The molecule has 4 rings (SSSR count). The zero-order valence-corrected chi connectivity index (χ0v) is 20.1. The quantitative estimate of drug-likeness (QED) is 0.555. The second kappa shape index (κ2) is 8.68. The van der Waals surface area contributed by atoms with Gasteiger partial charge >= 0.3 is 0 Å². The van der Waals surface area contributed by atoms with E-state index in [-0.39, 0.29) is 0 Å². The van der Waals surface area contributed by atoms with Crippen LogP contribution in [0.2, 0.25) is 0 Å². The number of aliphatic imine (C=N–C) groups is 1. The second-order valence-corrected chi connectivity index (χ2v) is 8.64. The molecule has 8 nitrogen and oxygen atoms in total. The lowest BCUT2D eigenvalue weighted by atomic mass is 10.2. The highest BCUT2D eigenvalue weighted by atomic mass is 15.4. The Morgan fingerprint density at radius 3 is 2.50 bits per heavy atom. The molecule has 1 aliphatic rings. The van der Waals surface area contributed by atoms with Gasteiger partial charge in [0.1, 0.15) is 17.1 Å². The fourth-order valence-corrected chi connectivity index (χ4v) is 3.98.